The molecule has 0 saturated heterocycles. The van der Waals surface area contributed by atoms with Gasteiger partial charge in [-0.05, 0) is 25.2 Å². The van der Waals surface area contributed by atoms with Gasteiger partial charge in [-0.3, -0.25) is 0 Å². The first-order valence-electron chi connectivity index (χ1n) is 7.03. The lowest BCUT2D eigenvalue weighted by molar-refractivity contribution is 0.141. The molecule has 2 nitrogen and oxygen atoms in total. The molecular weight excluding hydrogens is 198 g/mol. The third-order valence-corrected chi connectivity index (χ3v) is 3.84. The van der Waals surface area contributed by atoms with E-state index in [-0.39, 0.29) is 0 Å². The highest BCUT2D eigenvalue weighted by molar-refractivity contribution is 4.81. The fraction of sp³-hybridized carbons (Fsp3) is 1.00. The van der Waals surface area contributed by atoms with Crippen LogP contribution in [-0.4, -0.2) is 25.8 Å². The largest absolute Gasteiger partial charge is 0.383 e. The van der Waals surface area contributed by atoms with E-state index < -0.39 is 0 Å². The Kier molecular flexibility index (Phi) is 7.06. The summed E-state index contributed by atoms with van der Waals surface area (Å²) in [5.41, 5.74) is 0. The van der Waals surface area contributed by atoms with E-state index in [2.05, 4.69) is 19.2 Å². The lowest BCUT2D eigenvalue weighted by atomic mass is 9.85. The molecule has 0 heterocycles. The lowest BCUT2D eigenvalue weighted by Gasteiger charge is -2.33. The Morgan fingerprint density at radius 3 is 2.69 bits per heavy atom. The van der Waals surface area contributed by atoms with E-state index in [1.165, 1.54) is 44.9 Å². The third kappa shape index (κ3) is 4.84. The minimum absolute atomic E-state index is 0.565. The number of ether oxygens (including phenoxy) is 1. The molecule has 0 aromatic carbocycles. The highest BCUT2D eigenvalue weighted by Crippen LogP contribution is 2.24. The molecule has 1 aliphatic rings. The molecule has 3 atom stereocenters. The molecule has 2 heteroatoms. The summed E-state index contributed by atoms with van der Waals surface area (Å²) in [5.74, 6) is 0.842. The number of unbranched alkanes of at least 4 members (excludes halogenated alkanes) is 1. The van der Waals surface area contributed by atoms with Crippen LogP contribution in [0.3, 0.4) is 0 Å². The van der Waals surface area contributed by atoms with Gasteiger partial charge in [-0.25, -0.2) is 0 Å². The molecule has 3 unspecified atom stereocenters. The number of methoxy groups -OCH3 is 1. The maximum atomic E-state index is 5.32. The van der Waals surface area contributed by atoms with Crippen molar-refractivity contribution in [2.45, 2.75) is 70.9 Å². The van der Waals surface area contributed by atoms with Crippen molar-refractivity contribution in [1.29, 1.82) is 0 Å². The normalized spacial score (nSPS) is 27.9. The smallest absolute Gasteiger partial charge is 0.0615 e. The second-order valence-electron chi connectivity index (χ2n) is 5.33. The van der Waals surface area contributed by atoms with E-state index in [9.17, 15) is 0 Å². The quantitative estimate of drug-likeness (QED) is 0.720. The summed E-state index contributed by atoms with van der Waals surface area (Å²) in [6.45, 7) is 5.51. The van der Waals surface area contributed by atoms with E-state index in [0.29, 0.717) is 6.04 Å². The fourth-order valence-corrected chi connectivity index (χ4v) is 2.73. The van der Waals surface area contributed by atoms with Gasteiger partial charge >= 0.3 is 0 Å². The van der Waals surface area contributed by atoms with Gasteiger partial charge in [0, 0.05) is 19.2 Å². The molecule has 1 N–H and O–H groups in total. The van der Waals surface area contributed by atoms with Crippen LogP contribution in [0.1, 0.15) is 58.8 Å². The van der Waals surface area contributed by atoms with Crippen LogP contribution in [0.5, 0.6) is 0 Å². The van der Waals surface area contributed by atoms with Crippen LogP contribution in [0.4, 0.5) is 0 Å². The fourth-order valence-electron chi connectivity index (χ4n) is 2.73. The second-order valence-corrected chi connectivity index (χ2v) is 5.33. The molecule has 16 heavy (non-hydrogen) atoms. The van der Waals surface area contributed by atoms with E-state index >= 15 is 0 Å². The predicted molar refractivity (Wildman–Crippen MR) is 69.7 cm³/mol. The van der Waals surface area contributed by atoms with Gasteiger partial charge in [0.15, 0.2) is 0 Å². The van der Waals surface area contributed by atoms with Gasteiger partial charge in [-0.1, -0.05) is 39.5 Å². The van der Waals surface area contributed by atoms with Crippen molar-refractivity contribution in [2.75, 3.05) is 13.7 Å². The Labute approximate surface area is 101 Å². The van der Waals surface area contributed by atoms with Crippen LogP contribution < -0.4 is 5.32 Å². The molecule has 0 amide bonds. The molecule has 1 fully saturated rings. The molecule has 0 spiro atoms. The summed E-state index contributed by atoms with van der Waals surface area (Å²) < 4.78 is 5.32. The van der Waals surface area contributed by atoms with Crippen molar-refractivity contribution in [2.24, 2.45) is 5.92 Å². The summed E-state index contributed by atoms with van der Waals surface area (Å²) in [5, 5.41) is 3.82. The zero-order valence-electron chi connectivity index (χ0n) is 11.3. The van der Waals surface area contributed by atoms with Crippen molar-refractivity contribution in [3.05, 3.63) is 0 Å². The molecule has 1 aliphatic carbocycles. The Hall–Kier alpha value is -0.0800. The summed E-state index contributed by atoms with van der Waals surface area (Å²) in [4.78, 5) is 0. The Balaban J connectivity index is 2.33. The monoisotopic (exact) mass is 227 g/mol. The second kappa shape index (κ2) is 8.08. The Morgan fingerprint density at radius 2 is 2.06 bits per heavy atom. The van der Waals surface area contributed by atoms with Crippen LogP contribution in [0.2, 0.25) is 0 Å². The van der Waals surface area contributed by atoms with Gasteiger partial charge in [0.1, 0.15) is 0 Å². The number of nitrogens with one attached hydrogen (secondary N) is 1. The Bertz CT molecular complexity index is 172. The SMILES string of the molecule is CCCCC(COC)NC1CCCCC1C. The first kappa shape index (κ1) is 14.0. The van der Waals surface area contributed by atoms with Crippen molar-refractivity contribution in [3.63, 3.8) is 0 Å². The third-order valence-electron chi connectivity index (χ3n) is 3.84. The average Bonchev–Trinajstić information content (AvgIpc) is 2.29. The van der Waals surface area contributed by atoms with Crippen molar-refractivity contribution < 1.29 is 4.74 Å². The summed E-state index contributed by atoms with van der Waals surface area (Å²) >= 11 is 0. The van der Waals surface area contributed by atoms with Gasteiger partial charge in [-0.2, -0.15) is 0 Å². The van der Waals surface area contributed by atoms with Crippen LogP contribution in [0, 0.1) is 5.92 Å². The van der Waals surface area contributed by atoms with E-state index in [1.807, 2.05) is 7.11 Å². The number of hydrogen-bond acceptors (Lipinski definition) is 2. The number of hydrogen-bond donors (Lipinski definition) is 1. The van der Waals surface area contributed by atoms with Crippen LogP contribution in [-0.2, 0) is 4.74 Å². The minimum atomic E-state index is 0.565. The van der Waals surface area contributed by atoms with Gasteiger partial charge in [0.05, 0.1) is 6.61 Å². The standard InChI is InChI=1S/C14H29NO/c1-4-5-9-13(11-16-3)15-14-10-7-6-8-12(14)2/h12-15H,4-11H2,1-3H3. The van der Waals surface area contributed by atoms with Crippen molar-refractivity contribution in [3.8, 4) is 0 Å². The molecule has 0 radical (unpaired) electrons. The number of rotatable bonds is 7. The zero-order chi connectivity index (χ0) is 11.8. The van der Waals surface area contributed by atoms with Crippen molar-refractivity contribution >= 4 is 0 Å². The highest BCUT2D eigenvalue weighted by atomic mass is 16.5. The van der Waals surface area contributed by atoms with Crippen LogP contribution >= 0.6 is 0 Å². The highest BCUT2D eigenvalue weighted by Gasteiger charge is 2.23. The molecule has 96 valence electrons. The average molecular weight is 227 g/mol. The van der Waals surface area contributed by atoms with Crippen LogP contribution in [0.15, 0.2) is 0 Å². The van der Waals surface area contributed by atoms with Crippen LogP contribution in [0.25, 0.3) is 0 Å². The molecular formula is C14H29NO. The molecule has 0 aromatic rings. The molecule has 1 rings (SSSR count). The Morgan fingerprint density at radius 1 is 1.31 bits per heavy atom. The van der Waals surface area contributed by atoms with E-state index in [4.69, 9.17) is 4.74 Å². The molecule has 0 aromatic heterocycles. The predicted octanol–water partition coefficient (Wildman–Crippen LogP) is 3.36. The van der Waals surface area contributed by atoms with Gasteiger partial charge in [0.25, 0.3) is 0 Å². The minimum Gasteiger partial charge on any atom is -0.383 e. The molecule has 1 saturated carbocycles. The lowest BCUT2D eigenvalue weighted by Crippen LogP contribution is -2.45. The summed E-state index contributed by atoms with van der Waals surface area (Å²) in [6.07, 6.45) is 9.41. The first-order chi connectivity index (χ1) is 7.77. The summed E-state index contributed by atoms with van der Waals surface area (Å²) in [6, 6.07) is 1.29. The molecule has 0 bridgehead atoms. The first-order valence-corrected chi connectivity index (χ1v) is 7.03. The zero-order valence-corrected chi connectivity index (χ0v) is 11.3. The maximum Gasteiger partial charge on any atom is 0.0615 e. The molecule has 0 aliphatic heterocycles. The van der Waals surface area contributed by atoms with Gasteiger partial charge in [0.2, 0.25) is 0 Å². The topological polar surface area (TPSA) is 21.3 Å². The van der Waals surface area contributed by atoms with Gasteiger partial charge < -0.3 is 10.1 Å². The van der Waals surface area contributed by atoms with E-state index in [0.717, 1.165) is 18.6 Å². The summed E-state index contributed by atoms with van der Waals surface area (Å²) in [7, 11) is 1.81. The van der Waals surface area contributed by atoms with E-state index in [1.54, 1.807) is 0 Å². The maximum absolute atomic E-state index is 5.32. The van der Waals surface area contributed by atoms with Gasteiger partial charge in [-0.15, -0.1) is 0 Å². The van der Waals surface area contributed by atoms with Crippen molar-refractivity contribution in [1.82, 2.24) is 5.32 Å².